The Hall–Kier alpha value is -2.41. The van der Waals surface area contributed by atoms with E-state index in [2.05, 4.69) is 29.2 Å². The van der Waals surface area contributed by atoms with Gasteiger partial charge in [0.15, 0.2) is 0 Å². The van der Waals surface area contributed by atoms with Gasteiger partial charge in [-0.25, -0.2) is 14.4 Å². The summed E-state index contributed by atoms with van der Waals surface area (Å²) in [5.74, 6) is -1.74. The van der Waals surface area contributed by atoms with E-state index in [1.54, 1.807) is 13.8 Å². The number of esters is 2. The summed E-state index contributed by atoms with van der Waals surface area (Å²) in [4.78, 5) is 30.3. The number of hydrogen-bond acceptors (Lipinski definition) is 6. The summed E-state index contributed by atoms with van der Waals surface area (Å²) in [6, 6.07) is 0. The van der Waals surface area contributed by atoms with Gasteiger partial charge in [0.25, 0.3) is 0 Å². The minimum atomic E-state index is -0.935. The maximum Gasteiger partial charge on any atom is 0.333 e. The van der Waals surface area contributed by atoms with Gasteiger partial charge in [-0.3, -0.25) is 0 Å². The molecule has 22 heavy (non-hydrogen) atoms. The predicted octanol–water partition coefficient (Wildman–Crippen LogP) is 1.48. The lowest BCUT2D eigenvalue weighted by molar-refractivity contribution is -0.140. The molecule has 0 saturated carbocycles. The molecule has 0 aliphatic carbocycles. The number of aliphatic carboxylic acids is 1. The van der Waals surface area contributed by atoms with Crippen molar-refractivity contribution in [1.82, 2.24) is 0 Å². The molecule has 0 aromatic carbocycles. The zero-order valence-electron chi connectivity index (χ0n) is 13.5. The zero-order valence-corrected chi connectivity index (χ0v) is 13.5. The summed E-state index contributed by atoms with van der Waals surface area (Å²) in [5.41, 5.74) is 0.959. The first kappa shape index (κ1) is 24.6. The van der Waals surface area contributed by atoms with Gasteiger partial charge in [-0.2, -0.15) is 0 Å². The van der Waals surface area contributed by atoms with Crippen LogP contribution in [0.15, 0.2) is 36.5 Å². The highest BCUT2D eigenvalue weighted by atomic mass is 16.5. The first-order valence-electron chi connectivity index (χ1n) is 6.07. The van der Waals surface area contributed by atoms with Gasteiger partial charge in [-0.1, -0.05) is 19.7 Å². The molecule has 0 aliphatic rings. The van der Waals surface area contributed by atoms with Gasteiger partial charge in [0.1, 0.15) is 6.61 Å². The number of ether oxygens (including phenoxy) is 2. The first-order valence-corrected chi connectivity index (χ1v) is 6.07. The van der Waals surface area contributed by atoms with Gasteiger partial charge in [0.05, 0.1) is 13.7 Å². The molecule has 0 rings (SSSR count). The van der Waals surface area contributed by atoms with Crippen LogP contribution < -0.4 is 0 Å². The fraction of sp³-hybridized carbons (Fsp3) is 0.400. The average Bonchev–Trinajstić information content (AvgIpc) is 2.44. The molecule has 0 radical (unpaired) electrons. The molecule has 7 heteroatoms. The predicted molar refractivity (Wildman–Crippen MR) is 82.1 cm³/mol. The molecule has 0 aromatic heterocycles. The average molecular weight is 316 g/mol. The van der Waals surface area contributed by atoms with E-state index in [4.69, 9.17) is 10.2 Å². The minimum Gasteiger partial charge on any atom is -0.478 e. The highest BCUT2D eigenvalue weighted by Crippen LogP contribution is 1.90. The van der Waals surface area contributed by atoms with E-state index < -0.39 is 11.9 Å². The van der Waals surface area contributed by atoms with Crippen molar-refractivity contribution in [2.45, 2.75) is 20.8 Å². The highest BCUT2D eigenvalue weighted by Gasteiger charge is 1.99. The summed E-state index contributed by atoms with van der Waals surface area (Å²) in [5, 5.41) is 16.1. The normalized spacial score (nSPS) is 8.05. The van der Waals surface area contributed by atoms with Crippen LogP contribution in [-0.2, 0) is 23.9 Å². The van der Waals surface area contributed by atoms with Gasteiger partial charge in [-0.15, -0.1) is 0 Å². The number of aliphatic hydroxyl groups is 1. The van der Waals surface area contributed by atoms with E-state index in [9.17, 15) is 14.4 Å². The van der Waals surface area contributed by atoms with E-state index in [-0.39, 0.29) is 24.8 Å². The van der Waals surface area contributed by atoms with E-state index in [0.29, 0.717) is 11.1 Å². The van der Waals surface area contributed by atoms with Crippen LogP contribution in [-0.4, -0.2) is 48.4 Å². The Kier molecular flexibility index (Phi) is 16.8. The van der Waals surface area contributed by atoms with E-state index in [0.717, 1.165) is 0 Å². The fourth-order valence-electron chi connectivity index (χ4n) is 0.436. The van der Waals surface area contributed by atoms with Crippen LogP contribution in [0.1, 0.15) is 20.8 Å². The third-order valence-electron chi connectivity index (χ3n) is 1.57. The van der Waals surface area contributed by atoms with Crippen molar-refractivity contribution in [3.63, 3.8) is 0 Å². The van der Waals surface area contributed by atoms with E-state index in [1.807, 2.05) is 0 Å². The second-order valence-electron chi connectivity index (χ2n) is 4.00. The SMILES string of the molecule is C=C(C)C(=O)O.C=C(C)C(=O)OC.C=C(C)C(=O)OCCO. The quantitative estimate of drug-likeness (QED) is 0.584. The van der Waals surface area contributed by atoms with Gasteiger partial charge < -0.3 is 19.7 Å². The number of carbonyl (C=O) groups is 3. The maximum atomic E-state index is 10.5. The Morgan fingerprint density at radius 2 is 1.27 bits per heavy atom. The maximum absolute atomic E-state index is 10.5. The largest absolute Gasteiger partial charge is 0.478 e. The number of rotatable bonds is 5. The first-order chi connectivity index (χ1) is 10.0. The number of carbonyl (C=O) groups excluding carboxylic acids is 2. The van der Waals surface area contributed by atoms with Gasteiger partial charge >= 0.3 is 17.9 Å². The minimum absolute atomic E-state index is 0.0473. The molecule has 0 heterocycles. The number of methoxy groups -OCH3 is 1. The van der Waals surface area contributed by atoms with Crippen molar-refractivity contribution in [3.8, 4) is 0 Å². The van der Waals surface area contributed by atoms with Crippen LogP contribution in [0.5, 0.6) is 0 Å². The van der Waals surface area contributed by atoms with Crippen molar-refractivity contribution in [1.29, 1.82) is 0 Å². The second kappa shape index (κ2) is 15.0. The van der Waals surface area contributed by atoms with Gasteiger partial charge in [0, 0.05) is 16.7 Å². The molecule has 0 saturated heterocycles. The van der Waals surface area contributed by atoms with Crippen molar-refractivity contribution >= 4 is 17.9 Å². The molecule has 2 N–H and O–H groups in total. The molecular weight excluding hydrogens is 292 g/mol. The Balaban J connectivity index is -0.000000252. The molecule has 7 nitrogen and oxygen atoms in total. The molecule has 0 bridgehead atoms. The summed E-state index contributed by atoms with van der Waals surface area (Å²) >= 11 is 0. The topological polar surface area (TPSA) is 110 Å². The lowest BCUT2D eigenvalue weighted by Gasteiger charge is -1.99. The number of aliphatic hydroxyl groups excluding tert-OH is 1. The molecule has 0 amide bonds. The number of carboxylic acids is 1. The monoisotopic (exact) mass is 316 g/mol. The third-order valence-corrected chi connectivity index (χ3v) is 1.57. The summed E-state index contributed by atoms with van der Waals surface area (Å²) in [6.45, 7) is 14.4. The van der Waals surface area contributed by atoms with Gasteiger partial charge in [-0.05, 0) is 20.8 Å². The fourth-order valence-corrected chi connectivity index (χ4v) is 0.436. The molecule has 0 aromatic rings. The molecule has 0 spiro atoms. The van der Waals surface area contributed by atoms with E-state index >= 15 is 0 Å². The smallest absolute Gasteiger partial charge is 0.333 e. The number of carboxylic acid groups (broad SMARTS) is 1. The van der Waals surface area contributed by atoms with Crippen LogP contribution in [0.2, 0.25) is 0 Å². The molecule has 0 atom stereocenters. The summed E-state index contributed by atoms with van der Waals surface area (Å²) in [7, 11) is 1.33. The third kappa shape index (κ3) is 19.9. The molecule has 126 valence electrons. The van der Waals surface area contributed by atoms with Crippen molar-refractivity contribution in [2.24, 2.45) is 0 Å². The summed E-state index contributed by atoms with van der Waals surface area (Å²) < 4.78 is 8.74. The highest BCUT2D eigenvalue weighted by molar-refractivity contribution is 5.87. The Labute approximate surface area is 130 Å². The Bertz CT molecular complexity index is 410. The van der Waals surface area contributed by atoms with Crippen molar-refractivity contribution in [3.05, 3.63) is 36.5 Å². The molecule has 0 fully saturated rings. The zero-order chi connectivity index (χ0) is 18.3. The standard InChI is InChI=1S/C6H10O3.C5H8O2.C4H6O2/c1-5(2)6(8)9-4-3-7;1-4(2)5(6)7-3;1-3(2)4(5)6/h7H,1,3-4H2,2H3;1H2,2-3H3;1H2,2H3,(H,5,6). The van der Waals surface area contributed by atoms with Crippen molar-refractivity contribution in [2.75, 3.05) is 20.3 Å². The second-order valence-corrected chi connectivity index (χ2v) is 4.00. The molecule has 0 unspecified atom stereocenters. The molecule has 0 aliphatic heterocycles. The Morgan fingerprint density at radius 1 is 0.909 bits per heavy atom. The van der Waals surface area contributed by atoms with Crippen LogP contribution in [0.25, 0.3) is 0 Å². The van der Waals surface area contributed by atoms with E-state index in [1.165, 1.54) is 14.0 Å². The Morgan fingerprint density at radius 3 is 1.41 bits per heavy atom. The van der Waals surface area contributed by atoms with Crippen molar-refractivity contribution < 1.29 is 34.1 Å². The van der Waals surface area contributed by atoms with Crippen LogP contribution in [0.4, 0.5) is 0 Å². The van der Waals surface area contributed by atoms with Crippen LogP contribution >= 0.6 is 0 Å². The lowest BCUT2D eigenvalue weighted by Crippen LogP contribution is -2.08. The lowest BCUT2D eigenvalue weighted by atomic mass is 10.4. The van der Waals surface area contributed by atoms with Crippen LogP contribution in [0.3, 0.4) is 0 Å². The molecular formula is C15H24O7. The van der Waals surface area contributed by atoms with Gasteiger partial charge in [0.2, 0.25) is 0 Å². The number of hydrogen-bond donors (Lipinski definition) is 2. The summed E-state index contributed by atoms with van der Waals surface area (Å²) in [6.07, 6.45) is 0. The van der Waals surface area contributed by atoms with Crippen LogP contribution in [0, 0.1) is 0 Å².